The molecule has 0 aromatic heterocycles. The number of rotatable bonds is 6. The molecule has 0 radical (unpaired) electrons. The van der Waals surface area contributed by atoms with E-state index in [0.717, 1.165) is 32.4 Å². The summed E-state index contributed by atoms with van der Waals surface area (Å²) in [5, 5.41) is 3.05. The SMILES string of the molecule is CCC1(CCNC(=O)/C=C/C2=CC=CCC2C)[C@@H]2CN(C(=O)OC(C)(C)C)C[C@@H]21. The Morgan fingerprint density at radius 3 is 2.59 bits per heavy atom. The van der Waals surface area contributed by atoms with E-state index in [4.69, 9.17) is 4.74 Å². The van der Waals surface area contributed by atoms with E-state index in [1.54, 1.807) is 6.08 Å². The lowest BCUT2D eigenvalue weighted by Gasteiger charge is -2.28. The van der Waals surface area contributed by atoms with Crippen LogP contribution in [0.1, 0.15) is 53.9 Å². The first-order valence-corrected chi connectivity index (χ1v) is 11.0. The van der Waals surface area contributed by atoms with E-state index in [-0.39, 0.29) is 17.4 Å². The molecule has 3 rings (SSSR count). The molecule has 2 fully saturated rings. The molecule has 160 valence electrons. The number of nitrogens with zero attached hydrogens (tertiary/aromatic N) is 1. The Kier molecular flexibility index (Phi) is 6.25. The molecule has 0 aromatic rings. The largest absolute Gasteiger partial charge is 0.444 e. The highest BCUT2D eigenvalue weighted by atomic mass is 16.6. The fourth-order valence-corrected chi connectivity index (χ4v) is 5.02. The monoisotopic (exact) mass is 400 g/mol. The Bertz CT molecular complexity index is 717. The lowest BCUT2D eigenvalue weighted by Crippen LogP contribution is -2.38. The van der Waals surface area contributed by atoms with Gasteiger partial charge in [-0.1, -0.05) is 38.2 Å². The van der Waals surface area contributed by atoms with Gasteiger partial charge in [-0.25, -0.2) is 4.79 Å². The van der Waals surface area contributed by atoms with Gasteiger partial charge >= 0.3 is 6.09 Å². The van der Waals surface area contributed by atoms with Crippen LogP contribution in [0.4, 0.5) is 4.79 Å². The highest BCUT2D eigenvalue weighted by Gasteiger charge is 2.66. The smallest absolute Gasteiger partial charge is 0.410 e. The minimum Gasteiger partial charge on any atom is -0.444 e. The summed E-state index contributed by atoms with van der Waals surface area (Å²) < 4.78 is 5.50. The van der Waals surface area contributed by atoms with Gasteiger partial charge in [0.1, 0.15) is 5.60 Å². The molecule has 0 bridgehead atoms. The van der Waals surface area contributed by atoms with E-state index in [9.17, 15) is 9.59 Å². The molecule has 1 N–H and O–H groups in total. The van der Waals surface area contributed by atoms with Crippen molar-refractivity contribution in [2.24, 2.45) is 23.2 Å². The predicted octanol–water partition coefficient (Wildman–Crippen LogP) is 4.46. The summed E-state index contributed by atoms with van der Waals surface area (Å²) in [5.41, 5.74) is 1.01. The zero-order valence-corrected chi connectivity index (χ0v) is 18.5. The highest BCUT2D eigenvalue weighted by molar-refractivity contribution is 5.88. The topological polar surface area (TPSA) is 58.6 Å². The number of nitrogens with one attached hydrogen (secondary N) is 1. The van der Waals surface area contributed by atoms with Crippen molar-refractivity contribution >= 4 is 12.0 Å². The van der Waals surface area contributed by atoms with Gasteiger partial charge in [-0.3, -0.25) is 4.79 Å². The maximum absolute atomic E-state index is 12.3. The number of carbonyl (C=O) groups excluding carboxylic acids is 2. The number of fused-ring (bicyclic) bond motifs is 1. The molecular weight excluding hydrogens is 364 g/mol. The lowest BCUT2D eigenvalue weighted by molar-refractivity contribution is -0.116. The Hall–Kier alpha value is -2.04. The number of piperidine rings is 1. The molecule has 5 nitrogen and oxygen atoms in total. The second kappa shape index (κ2) is 8.37. The molecule has 1 heterocycles. The van der Waals surface area contributed by atoms with Crippen molar-refractivity contribution in [1.82, 2.24) is 10.2 Å². The van der Waals surface area contributed by atoms with Crippen molar-refractivity contribution in [3.63, 3.8) is 0 Å². The first-order valence-electron chi connectivity index (χ1n) is 11.0. The zero-order chi connectivity index (χ0) is 21.2. The second-order valence-electron chi connectivity index (χ2n) is 9.79. The third-order valence-corrected chi connectivity index (χ3v) is 6.80. The minimum atomic E-state index is -0.453. The van der Waals surface area contributed by atoms with Gasteiger partial charge in [-0.15, -0.1) is 0 Å². The summed E-state index contributed by atoms with van der Waals surface area (Å²) in [5.74, 6) is 1.51. The van der Waals surface area contributed by atoms with Crippen LogP contribution in [0.25, 0.3) is 0 Å². The highest BCUT2D eigenvalue weighted by Crippen LogP contribution is 2.66. The summed E-state index contributed by atoms with van der Waals surface area (Å²) in [7, 11) is 0. The summed E-state index contributed by atoms with van der Waals surface area (Å²) in [6, 6.07) is 0. The van der Waals surface area contributed by atoms with Crippen molar-refractivity contribution in [2.75, 3.05) is 19.6 Å². The van der Waals surface area contributed by atoms with Crippen LogP contribution in [0, 0.1) is 23.2 Å². The van der Waals surface area contributed by atoms with Gasteiger partial charge < -0.3 is 15.0 Å². The first-order chi connectivity index (χ1) is 13.7. The average molecular weight is 401 g/mol. The summed E-state index contributed by atoms with van der Waals surface area (Å²) in [6.45, 7) is 12.3. The van der Waals surface area contributed by atoms with Crippen molar-refractivity contribution < 1.29 is 14.3 Å². The van der Waals surface area contributed by atoms with E-state index in [1.807, 2.05) is 31.7 Å². The van der Waals surface area contributed by atoms with Crippen LogP contribution in [0.2, 0.25) is 0 Å². The molecule has 2 unspecified atom stereocenters. The second-order valence-corrected chi connectivity index (χ2v) is 9.79. The zero-order valence-electron chi connectivity index (χ0n) is 18.5. The van der Waals surface area contributed by atoms with Crippen LogP contribution in [0.5, 0.6) is 0 Å². The fourth-order valence-electron chi connectivity index (χ4n) is 5.02. The molecule has 2 aliphatic carbocycles. The summed E-state index contributed by atoms with van der Waals surface area (Å²) >= 11 is 0. The summed E-state index contributed by atoms with van der Waals surface area (Å²) in [4.78, 5) is 26.3. The van der Waals surface area contributed by atoms with Crippen LogP contribution in [-0.2, 0) is 9.53 Å². The molecule has 1 saturated carbocycles. The number of hydrogen-bond acceptors (Lipinski definition) is 3. The van der Waals surface area contributed by atoms with Crippen molar-refractivity contribution in [1.29, 1.82) is 0 Å². The number of hydrogen-bond donors (Lipinski definition) is 1. The van der Waals surface area contributed by atoms with Crippen molar-refractivity contribution in [3.05, 3.63) is 36.0 Å². The van der Waals surface area contributed by atoms with Crippen LogP contribution < -0.4 is 5.32 Å². The Balaban J connectivity index is 1.43. The van der Waals surface area contributed by atoms with Gasteiger partial charge in [0.25, 0.3) is 0 Å². The number of allylic oxidation sites excluding steroid dienone is 5. The Morgan fingerprint density at radius 2 is 2.00 bits per heavy atom. The van der Waals surface area contributed by atoms with Gasteiger partial charge in [0.05, 0.1) is 0 Å². The molecule has 1 aliphatic heterocycles. The van der Waals surface area contributed by atoms with Gasteiger partial charge in [0.2, 0.25) is 5.91 Å². The molecule has 4 atom stereocenters. The molecule has 5 heteroatoms. The van der Waals surface area contributed by atoms with Crippen LogP contribution in [0.15, 0.2) is 36.0 Å². The van der Waals surface area contributed by atoms with Crippen LogP contribution in [0.3, 0.4) is 0 Å². The van der Waals surface area contributed by atoms with Crippen LogP contribution in [-0.4, -0.2) is 42.1 Å². The predicted molar refractivity (Wildman–Crippen MR) is 115 cm³/mol. The quantitative estimate of drug-likeness (QED) is 0.670. The van der Waals surface area contributed by atoms with Gasteiger partial charge in [-0.05, 0) is 68.8 Å². The normalized spacial score (nSPS) is 30.9. The third-order valence-electron chi connectivity index (χ3n) is 6.80. The standard InChI is InChI=1S/C24H36N2O3/c1-6-24(19-15-26(16-20(19)24)22(28)29-23(3,4)5)13-14-25-21(27)12-11-18-10-8-7-9-17(18)2/h7-8,10-12,17,19-20H,6,9,13-16H2,1-5H3,(H,25,27)/b12-11+/t17?,19-,20+,24?. The molecule has 1 saturated heterocycles. The third kappa shape index (κ3) is 4.93. The van der Waals surface area contributed by atoms with E-state index in [2.05, 4.69) is 37.4 Å². The van der Waals surface area contributed by atoms with Crippen molar-refractivity contribution in [3.8, 4) is 0 Å². The molecule has 0 aromatic carbocycles. The van der Waals surface area contributed by atoms with E-state index >= 15 is 0 Å². The van der Waals surface area contributed by atoms with E-state index < -0.39 is 5.60 Å². The van der Waals surface area contributed by atoms with Gasteiger partial charge in [0.15, 0.2) is 0 Å². The molecule has 2 amide bonds. The maximum Gasteiger partial charge on any atom is 0.410 e. The van der Waals surface area contributed by atoms with Gasteiger partial charge in [-0.2, -0.15) is 0 Å². The molecule has 3 aliphatic rings. The molecular formula is C24H36N2O3. The fraction of sp³-hybridized carbons (Fsp3) is 0.667. The molecule has 0 spiro atoms. The number of ether oxygens (including phenoxy) is 1. The lowest BCUT2D eigenvalue weighted by atomic mass is 9.92. The van der Waals surface area contributed by atoms with Crippen LogP contribution >= 0.6 is 0 Å². The average Bonchev–Trinajstić information content (AvgIpc) is 2.99. The number of amides is 2. The number of carbonyl (C=O) groups is 2. The Morgan fingerprint density at radius 1 is 1.31 bits per heavy atom. The molecule has 29 heavy (non-hydrogen) atoms. The van der Waals surface area contributed by atoms with E-state index in [1.165, 1.54) is 5.57 Å². The maximum atomic E-state index is 12.3. The van der Waals surface area contributed by atoms with Crippen molar-refractivity contribution in [2.45, 2.75) is 59.5 Å². The van der Waals surface area contributed by atoms with Gasteiger partial charge in [0, 0.05) is 25.7 Å². The summed E-state index contributed by atoms with van der Waals surface area (Å²) in [6.07, 6.45) is 12.8. The number of likely N-dealkylation sites (tertiary alicyclic amines) is 1. The minimum absolute atomic E-state index is 0.0277. The Labute approximate surface area is 175 Å². The van der Waals surface area contributed by atoms with E-state index in [0.29, 0.717) is 24.3 Å². The first kappa shape index (κ1) is 21.7.